The van der Waals surface area contributed by atoms with Gasteiger partial charge < -0.3 is 14.8 Å². The predicted molar refractivity (Wildman–Crippen MR) is 144 cm³/mol. The van der Waals surface area contributed by atoms with Crippen LogP contribution in [-0.4, -0.2) is 49.1 Å². The number of carbonyl (C=O) groups is 2. The van der Waals surface area contributed by atoms with Crippen LogP contribution < -0.4 is 5.32 Å². The van der Waals surface area contributed by atoms with Gasteiger partial charge in [0.15, 0.2) is 0 Å². The molecule has 7 nitrogen and oxygen atoms in total. The van der Waals surface area contributed by atoms with Crippen molar-refractivity contribution in [3.63, 3.8) is 0 Å². The standard InChI is InChI=1S/C26H44BrN3O4Si/c1-5-20(31)9-7-6-8-10-22(29-25(32)21-17-26(21)11-13-33-14-12-26)24-28-18-23(27)30(24)19-34-15-16-35(2,3)4/h18,21-22H,5-17,19H2,1-4H3,(H,29,32). The molecule has 1 aromatic heterocycles. The minimum atomic E-state index is -1.16. The van der Waals surface area contributed by atoms with E-state index in [1.54, 1.807) is 6.20 Å². The first-order valence-corrected chi connectivity index (χ1v) is 17.8. The van der Waals surface area contributed by atoms with Crippen molar-refractivity contribution in [3.05, 3.63) is 16.6 Å². The molecule has 0 bridgehead atoms. The highest BCUT2D eigenvalue weighted by Crippen LogP contribution is 2.59. The number of Topliss-reactive ketones (excluding diaryl/α,β-unsaturated/α-hetero) is 1. The minimum Gasteiger partial charge on any atom is -0.381 e. The Hall–Kier alpha value is -1.03. The molecule has 0 radical (unpaired) electrons. The second-order valence-corrected chi connectivity index (χ2v) is 17.9. The molecule has 2 atom stereocenters. The zero-order chi connectivity index (χ0) is 25.5. The Bertz CT molecular complexity index is 848. The highest BCUT2D eigenvalue weighted by atomic mass is 79.9. The number of ether oxygens (including phenoxy) is 2. The molecule has 2 fully saturated rings. The summed E-state index contributed by atoms with van der Waals surface area (Å²) in [6.07, 6.45) is 9.58. The summed E-state index contributed by atoms with van der Waals surface area (Å²) in [7, 11) is -1.16. The summed E-state index contributed by atoms with van der Waals surface area (Å²) in [5, 5.41) is 3.35. The largest absolute Gasteiger partial charge is 0.381 e. The van der Waals surface area contributed by atoms with Crippen LogP contribution in [0, 0.1) is 11.3 Å². The van der Waals surface area contributed by atoms with E-state index < -0.39 is 8.07 Å². The summed E-state index contributed by atoms with van der Waals surface area (Å²) < 4.78 is 14.4. The Morgan fingerprint density at radius 1 is 1.29 bits per heavy atom. The molecule has 2 aliphatic rings. The van der Waals surface area contributed by atoms with E-state index >= 15 is 0 Å². The summed E-state index contributed by atoms with van der Waals surface area (Å²) in [6, 6.07) is 0.937. The van der Waals surface area contributed by atoms with Crippen molar-refractivity contribution in [2.45, 2.75) is 103 Å². The maximum atomic E-state index is 13.3. The second-order valence-electron chi connectivity index (χ2n) is 11.5. The third kappa shape index (κ3) is 8.51. The van der Waals surface area contributed by atoms with Gasteiger partial charge in [-0.15, -0.1) is 0 Å². The number of nitrogens with zero attached hydrogens (tertiary/aromatic N) is 2. The fraction of sp³-hybridized carbons (Fsp3) is 0.808. The smallest absolute Gasteiger partial charge is 0.224 e. The number of carbonyl (C=O) groups excluding carboxylic acids is 2. The Balaban J connectivity index is 1.63. The molecule has 35 heavy (non-hydrogen) atoms. The van der Waals surface area contributed by atoms with Crippen molar-refractivity contribution < 1.29 is 19.1 Å². The fourth-order valence-electron chi connectivity index (χ4n) is 4.92. The summed E-state index contributed by atoms with van der Waals surface area (Å²) in [6.45, 7) is 11.6. The number of unbranched alkanes of at least 4 members (excludes halogenated alkanes) is 2. The highest BCUT2D eigenvalue weighted by molar-refractivity contribution is 9.10. The molecule has 1 aliphatic heterocycles. The van der Waals surface area contributed by atoms with Gasteiger partial charge in [0.25, 0.3) is 0 Å². The number of rotatable bonds is 15. The van der Waals surface area contributed by atoms with Crippen molar-refractivity contribution in [1.82, 2.24) is 14.9 Å². The van der Waals surface area contributed by atoms with Gasteiger partial charge in [-0.05, 0) is 59.5 Å². The molecule has 1 aliphatic carbocycles. The first-order chi connectivity index (χ1) is 16.6. The summed E-state index contributed by atoms with van der Waals surface area (Å²) in [4.78, 5) is 29.6. The Labute approximate surface area is 220 Å². The van der Waals surface area contributed by atoms with E-state index in [1.165, 1.54) is 0 Å². The number of ketones is 1. The Kier molecular flexibility index (Phi) is 10.6. The monoisotopic (exact) mass is 569 g/mol. The van der Waals surface area contributed by atoms with Crippen LogP contribution >= 0.6 is 15.9 Å². The molecule has 2 unspecified atom stereocenters. The first kappa shape index (κ1) is 28.5. The molecule has 0 aromatic carbocycles. The Morgan fingerprint density at radius 2 is 2.03 bits per heavy atom. The quantitative estimate of drug-likeness (QED) is 0.211. The molecule has 2 heterocycles. The molecule has 9 heteroatoms. The molecule has 1 saturated heterocycles. The maximum Gasteiger partial charge on any atom is 0.224 e. The lowest BCUT2D eigenvalue weighted by molar-refractivity contribution is -0.124. The Morgan fingerprint density at radius 3 is 2.71 bits per heavy atom. The fourth-order valence-corrected chi connectivity index (χ4v) is 6.06. The van der Waals surface area contributed by atoms with Gasteiger partial charge in [0.05, 0.1) is 12.2 Å². The first-order valence-electron chi connectivity index (χ1n) is 13.3. The topological polar surface area (TPSA) is 82.5 Å². The number of amides is 1. The lowest BCUT2D eigenvalue weighted by Crippen LogP contribution is -2.34. The van der Waals surface area contributed by atoms with E-state index in [0.29, 0.717) is 25.4 Å². The average Bonchev–Trinajstić information content (AvgIpc) is 3.38. The summed E-state index contributed by atoms with van der Waals surface area (Å²) in [5.41, 5.74) is 0.142. The third-order valence-electron chi connectivity index (χ3n) is 7.52. The van der Waals surface area contributed by atoms with Gasteiger partial charge in [0, 0.05) is 46.7 Å². The van der Waals surface area contributed by atoms with E-state index in [1.807, 2.05) is 11.5 Å². The highest BCUT2D eigenvalue weighted by Gasteiger charge is 2.58. The van der Waals surface area contributed by atoms with Gasteiger partial charge in [-0.25, -0.2) is 4.98 Å². The van der Waals surface area contributed by atoms with Crippen LogP contribution in [0.5, 0.6) is 0 Å². The van der Waals surface area contributed by atoms with Crippen LogP contribution in [0.2, 0.25) is 25.7 Å². The zero-order valence-electron chi connectivity index (χ0n) is 22.0. The minimum absolute atomic E-state index is 0.0796. The van der Waals surface area contributed by atoms with E-state index in [4.69, 9.17) is 9.47 Å². The van der Waals surface area contributed by atoms with Crippen molar-refractivity contribution in [3.8, 4) is 0 Å². The molecule has 1 amide bonds. The van der Waals surface area contributed by atoms with Gasteiger partial charge >= 0.3 is 0 Å². The van der Waals surface area contributed by atoms with Gasteiger partial charge in [-0.1, -0.05) is 39.4 Å². The lowest BCUT2D eigenvalue weighted by Gasteiger charge is -2.24. The van der Waals surface area contributed by atoms with Crippen molar-refractivity contribution in [2.24, 2.45) is 11.3 Å². The number of halogens is 1. The van der Waals surface area contributed by atoms with Gasteiger partial charge in [0.2, 0.25) is 5.91 Å². The van der Waals surface area contributed by atoms with Gasteiger partial charge in [-0.2, -0.15) is 0 Å². The molecular formula is C26H44BrN3O4Si. The van der Waals surface area contributed by atoms with Crippen LogP contribution in [0.4, 0.5) is 0 Å². The number of hydrogen-bond donors (Lipinski definition) is 1. The van der Waals surface area contributed by atoms with Crippen LogP contribution in [0.15, 0.2) is 10.8 Å². The molecule has 198 valence electrons. The molecule has 1 aromatic rings. The summed E-state index contributed by atoms with van der Waals surface area (Å²) in [5.74, 6) is 1.38. The predicted octanol–water partition coefficient (Wildman–Crippen LogP) is 5.86. The van der Waals surface area contributed by atoms with E-state index in [9.17, 15) is 9.59 Å². The second kappa shape index (κ2) is 13.0. The number of nitrogens with one attached hydrogen (secondary N) is 1. The van der Waals surface area contributed by atoms with E-state index in [0.717, 1.165) is 81.2 Å². The average molecular weight is 571 g/mol. The van der Waals surface area contributed by atoms with Crippen LogP contribution in [0.25, 0.3) is 0 Å². The van der Waals surface area contributed by atoms with Gasteiger partial charge in [-0.3, -0.25) is 14.2 Å². The molecule has 3 rings (SSSR count). The van der Waals surface area contributed by atoms with E-state index in [-0.39, 0.29) is 23.3 Å². The van der Waals surface area contributed by atoms with Crippen molar-refractivity contribution in [2.75, 3.05) is 19.8 Å². The molecular weight excluding hydrogens is 526 g/mol. The normalized spacial score (nSPS) is 20.1. The SMILES string of the molecule is CCC(=O)CCCCCC(NC(=O)C1CC12CCOCC2)c1ncc(Br)n1COCC[Si](C)(C)C. The van der Waals surface area contributed by atoms with Gasteiger partial charge in [0.1, 0.15) is 22.9 Å². The van der Waals surface area contributed by atoms with Crippen molar-refractivity contribution >= 4 is 35.7 Å². The molecule has 1 spiro atoms. The van der Waals surface area contributed by atoms with Crippen LogP contribution in [0.3, 0.4) is 0 Å². The molecule has 1 N–H and O–H groups in total. The van der Waals surface area contributed by atoms with Crippen molar-refractivity contribution in [1.29, 1.82) is 0 Å². The molecule has 1 saturated carbocycles. The summed E-state index contributed by atoms with van der Waals surface area (Å²) >= 11 is 3.62. The maximum absolute atomic E-state index is 13.3. The van der Waals surface area contributed by atoms with E-state index in [2.05, 4.69) is 45.9 Å². The third-order valence-corrected chi connectivity index (χ3v) is 9.86. The lowest BCUT2D eigenvalue weighted by atomic mass is 9.93. The van der Waals surface area contributed by atoms with Crippen LogP contribution in [-0.2, 0) is 25.8 Å². The number of imidazole rings is 1. The van der Waals surface area contributed by atoms with Crippen LogP contribution in [0.1, 0.15) is 76.6 Å². The number of aromatic nitrogens is 2. The number of hydrogen-bond acceptors (Lipinski definition) is 5. The zero-order valence-corrected chi connectivity index (χ0v) is 24.6.